The largest absolute Gasteiger partial charge is 0.387 e. The topological polar surface area (TPSA) is 56.5 Å². The summed E-state index contributed by atoms with van der Waals surface area (Å²) >= 11 is 6.06. The summed E-state index contributed by atoms with van der Waals surface area (Å²) in [5, 5.41) is 20.3. The van der Waals surface area contributed by atoms with Gasteiger partial charge in [-0.3, -0.25) is 4.90 Å². The van der Waals surface area contributed by atoms with E-state index in [-0.39, 0.29) is 12.1 Å². The molecule has 0 aromatic heterocycles. The smallest absolute Gasteiger partial charge is 0.0992 e. The summed E-state index contributed by atoms with van der Waals surface area (Å²) in [4.78, 5) is 2.30. The maximum absolute atomic E-state index is 10.7. The quantitative estimate of drug-likeness (QED) is 0.851. The van der Waals surface area contributed by atoms with Crippen LogP contribution in [0.4, 0.5) is 0 Å². The second kappa shape index (κ2) is 8.31. The number of aliphatic hydroxyl groups is 1. The molecule has 0 bridgehead atoms. The maximum Gasteiger partial charge on any atom is 0.0992 e. The monoisotopic (exact) mass is 350 g/mol. The van der Waals surface area contributed by atoms with Gasteiger partial charge < -0.3 is 9.84 Å². The Bertz CT molecular complexity index is 600. The second-order valence-electron chi connectivity index (χ2n) is 7.14. The molecule has 1 aliphatic rings. The molecular weight excluding hydrogens is 324 g/mol. The van der Waals surface area contributed by atoms with Gasteiger partial charge in [0.1, 0.15) is 0 Å². The molecule has 1 aromatic carbocycles. The average Bonchev–Trinajstić information content (AvgIpc) is 2.91. The van der Waals surface area contributed by atoms with E-state index >= 15 is 0 Å². The third-order valence-corrected chi connectivity index (χ3v) is 5.08. The van der Waals surface area contributed by atoms with Crippen LogP contribution in [0.3, 0.4) is 0 Å². The van der Waals surface area contributed by atoms with Crippen molar-refractivity contribution in [1.29, 1.82) is 5.26 Å². The number of rotatable bonds is 6. The maximum atomic E-state index is 10.7. The van der Waals surface area contributed by atoms with Crippen LogP contribution in [-0.4, -0.2) is 41.8 Å². The summed E-state index contributed by atoms with van der Waals surface area (Å²) in [5.74, 6) is 1.02. The number of nitrogens with zero attached hydrogens (tertiary/aromatic N) is 2. The van der Waals surface area contributed by atoms with Crippen molar-refractivity contribution >= 4 is 11.6 Å². The first kappa shape index (κ1) is 19.2. The molecule has 1 fully saturated rings. The molecule has 0 aliphatic carbocycles. The van der Waals surface area contributed by atoms with E-state index in [0.717, 1.165) is 19.7 Å². The van der Waals surface area contributed by atoms with E-state index in [9.17, 15) is 5.11 Å². The average molecular weight is 351 g/mol. The zero-order valence-electron chi connectivity index (χ0n) is 14.9. The molecule has 0 saturated carbocycles. The van der Waals surface area contributed by atoms with Crippen molar-refractivity contribution in [2.75, 3.05) is 19.7 Å². The van der Waals surface area contributed by atoms with Crippen molar-refractivity contribution in [3.63, 3.8) is 0 Å². The number of halogens is 1. The van der Waals surface area contributed by atoms with Gasteiger partial charge in [-0.15, -0.1) is 0 Å². The van der Waals surface area contributed by atoms with Gasteiger partial charge in [0.05, 0.1) is 30.4 Å². The lowest BCUT2D eigenvalue weighted by Gasteiger charge is -2.29. The van der Waals surface area contributed by atoms with Crippen LogP contribution in [0.5, 0.6) is 0 Å². The number of ether oxygens (including phenoxy) is 1. The standard InChI is InChI=1S/C19H27ClN2O2/c1-12(2)24-11-17-10-22(9-13(17)3)14(4)19(23)16-5-15(8-21)6-18(20)7-16/h5-7,12-14,17,19,23H,9-11H2,1-4H3. The lowest BCUT2D eigenvalue weighted by molar-refractivity contribution is 0.0388. The SMILES string of the molecule is CC(C)OCC1CN(C(C)C(O)c2cc(Cl)cc(C#N)c2)CC1C. The Labute approximate surface area is 150 Å². The molecule has 0 spiro atoms. The highest BCUT2D eigenvalue weighted by atomic mass is 35.5. The number of nitriles is 1. The molecule has 24 heavy (non-hydrogen) atoms. The summed E-state index contributed by atoms with van der Waals surface area (Å²) in [6.45, 7) is 11.0. The highest BCUT2D eigenvalue weighted by Gasteiger charge is 2.35. The summed E-state index contributed by atoms with van der Waals surface area (Å²) in [5.41, 5.74) is 1.17. The summed E-state index contributed by atoms with van der Waals surface area (Å²) < 4.78 is 5.77. The lowest BCUT2D eigenvalue weighted by Crippen LogP contribution is -2.36. The first-order chi connectivity index (χ1) is 11.3. The molecule has 5 heteroatoms. The number of aliphatic hydroxyl groups excluding tert-OH is 1. The zero-order valence-corrected chi connectivity index (χ0v) is 15.6. The Hall–Kier alpha value is -1.12. The van der Waals surface area contributed by atoms with E-state index in [0.29, 0.717) is 28.0 Å². The normalized spacial score (nSPS) is 24.1. The fraction of sp³-hybridized carbons (Fsp3) is 0.632. The highest BCUT2D eigenvalue weighted by Crippen LogP contribution is 2.31. The summed E-state index contributed by atoms with van der Waals surface area (Å²) in [7, 11) is 0. The Morgan fingerprint density at radius 3 is 2.67 bits per heavy atom. The molecular formula is C19H27ClN2O2. The molecule has 1 aromatic rings. The van der Waals surface area contributed by atoms with E-state index in [1.807, 2.05) is 6.92 Å². The number of hydrogen-bond donors (Lipinski definition) is 1. The lowest BCUT2D eigenvalue weighted by atomic mass is 9.99. The van der Waals surface area contributed by atoms with Crippen LogP contribution in [0.15, 0.2) is 18.2 Å². The highest BCUT2D eigenvalue weighted by molar-refractivity contribution is 6.30. The van der Waals surface area contributed by atoms with Gasteiger partial charge in [-0.2, -0.15) is 5.26 Å². The van der Waals surface area contributed by atoms with E-state index in [2.05, 4.69) is 31.7 Å². The molecule has 4 nitrogen and oxygen atoms in total. The second-order valence-corrected chi connectivity index (χ2v) is 7.58. The van der Waals surface area contributed by atoms with Gasteiger partial charge in [-0.25, -0.2) is 0 Å². The fourth-order valence-electron chi connectivity index (χ4n) is 3.27. The predicted molar refractivity (Wildman–Crippen MR) is 95.9 cm³/mol. The van der Waals surface area contributed by atoms with Crippen molar-refractivity contribution in [1.82, 2.24) is 4.90 Å². The predicted octanol–water partition coefficient (Wildman–Crippen LogP) is 3.63. The van der Waals surface area contributed by atoms with Gasteiger partial charge >= 0.3 is 0 Å². The molecule has 4 atom stereocenters. The van der Waals surface area contributed by atoms with Crippen LogP contribution in [0.2, 0.25) is 5.02 Å². The first-order valence-corrected chi connectivity index (χ1v) is 8.94. The van der Waals surface area contributed by atoms with Gasteiger partial charge in [0.2, 0.25) is 0 Å². The van der Waals surface area contributed by atoms with Crippen molar-refractivity contribution < 1.29 is 9.84 Å². The van der Waals surface area contributed by atoms with Crippen LogP contribution in [-0.2, 0) is 4.74 Å². The molecule has 0 amide bonds. The number of hydrogen-bond acceptors (Lipinski definition) is 4. The van der Waals surface area contributed by atoms with E-state index in [1.54, 1.807) is 18.2 Å². The van der Waals surface area contributed by atoms with E-state index < -0.39 is 6.10 Å². The van der Waals surface area contributed by atoms with Gasteiger partial charge in [-0.05, 0) is 56.4 Å². The molecule has 1 aliphatic heterocycles. The summed E-state index contributed by atoms with van der Waals surface area (Å²) in [6.07, 6.45) is -0.433. The molecule has 0 radical (unpaired) electrons. The number of benzene rings is 1. The van der Waals surface area contributed by atoms with Crippen molar-refractivity contribution in [2.45, 2.75) is 45.9 Å². The Morgan fingerprint density at radius 1 is 1.33 bits per heavy atom. The third kappa shape index (κ3) is 4.70. The molecule has 4 unspecified atom stereocenters. The van der Waals surface area contributed by atoms with Crippen molar-refractivity contribution in [3.8, 4) is 6.07 Å². The minimum absolute atomic E-state index is 0.0403. The summed E-state index contributed by atoms with van der Waals surface area (Å²) in [6, 6.07) is 7.11. The molecule has 2 rings (SSSR count). The molecule has 1 N–H and O–H groups in total. The molecule has 1 heterocycles. The van der Waals surface area contributed by atoms with Gasteiger partial charge in [0.25, 0.3) is 0 Å². The Balaban J connectivity index is 2.05. The van der Waals surface area contributed by atoms with E-state index in [1.165, 1.54) is 0 Å². The van der Waals surface area contributed by atoms with Crippen LogP contribution in [0.25, 0.3) is 0 Å². The third-order valence-electron chi connectivity index (χ3n) is 4.86. The minimum atomic E-state index is -0.673. The van der Waals surface area contributed by atoms with Crippen LogP contribution in [0, 0.1) is 23.2 Å². The Kier molecular flexibility index (Phi) is 6.65. The van der Waals surface area contributed by atoms with Crippen LogP contribution < -0.4 is 0 Å². The zero-order chi connectivity index (χ0) is 17.9. The van der Waals surface area contributed by atoms with Gasteiger partial charge in [-0.1, -0.05) is 18.5 Å². The fourth-order valence-corrected chi connectivity index (χ4v) is 3.51. The van der Waals surface area contributed by atoms with Crippen LogP contribution in [0.1, 0.15) is 44.9 Å². The number of likely N-dealkylation sites (tertiary alicyclic amines) is 1. The van der Waals surface area contributed by atoms with Crippen molar-refractivity contribution in [3.05, 3.63) is 34.3 Å². The van der Waals surface area contributed by atoms with E-state index in [4.69, 9.17) is 21.6 Å². The van der Waals surface area contributed by atoms with Gasteiger partial charge in [0.15, 0.2) is 0 Å². The minimum Gasteiger partial charge on any atom is -0.387 e. The Morgan fingerprint density at radius 2 is 2.04 bits per heavy atom. The van der Waals surface area contributed by atoms with Crippen molar-refractivity contribution in [2.24, 2.45) is 11.8 Å². The first-order valence-electron chi connectivity index (χ1n) is 8.56. The van der Waals surface area contributed by atoms with Gasteiger partial charge in [0, 0.05) is 24.2 Å². The molecule has 1 saturated heterocycles. The molecule has 132 valence electrons. The van der Waals surface area contributed by atoms with Crippen LogP contribution >= 0.6 is 11.6 Å².